The van der Waals surface area contributed by atoms with Crippen molar-refractivity contribution in [1.82, 2.24) is 9.55 Å². The second-order valence-corrected chi connectivity index (χ2v) is 6.85. The molecule has 3 rings (SSSR count). The molecule has 0 amide bonds. The number of benzene rings is 1. The van der Waals surface area contributed by atoms with Crippen molar-refractivity contribution >= 4 is 5.78 Å². The van der Waals surface area contributed by atoms with E-state index in [0.29, 0.717) is 6.54 Å². The average Bonchev–Trinajstić information content (AvgIpc) is 3.16. The van der Waals surface area contributed by atoms with Crippen LogP contribution in [-0.4, -0.2) is 21.9 Å². The number of ketones is 1. The van der Waals surface area contributed by atoms with Gasteiger partial charge >= 0.3 is 0 Å². The molecular formula is C21H28N2O2. The molecule has 0 saturated carbocycles. The summed E-state index contributed by atoms with van der Waals surface area (Å²) in [7, 11) is 0. The van der Waals surface area contributed by atoms with Gasteiger partial charge in [0.2, 0.25) is 0 Å². The van der Waals surface area contributed by atoms with Gasteiger partial charge in [-0.15, -0.1) is 0 Å². The highest BCUT2D eigenvalue weighted by molar-refractivity contribution is 5.99. The Balaban J connectivity index is 1.88. The predicted molar refractivity (Wildman–Crippen MR) is 99.2 cm³/mol. The smallest absolute Gasteiger partial charge is 0.168 e. The van der Waals surface area contributed by atoms with E-state index in [1.165, 1.54) is 17.5 Å². The van der Waals surface area contributed by atoms with Gasteiger partial charge in [-0.2, -0.15) is 0 Å². The van der Waals surface area contributed by atoms with Gasteiger partial charge < -0.3 is 9.30 Å². The third-order valence-electron chi connectivity index (χ3n) is 5.07. The van der Waals surface area contributed by atoms with Crippen LogP contribution in [0.4, 0.5) is 0 Å². The maximum absolute atomic E-state index is 13.2. The summed E-state index contributed by atoms with van der Waals surface area (Å²) in [5, 5.41) is 0. The molecule has 1 heterocycles. The van der Waals surface area contributed by atoms with Crippen LogP contribution in [0, 0.1) is 5.92 Å². The molecule has 0 N–H and O–H groups in total. The lowest BCUT2D eigenvalue weighted by molar-refractivity contribution is 0.0902. The van der Waals surface area contributed by atoms with Gasteiger partial charge in [-0.3, -0.25) is 4.79 Å². The number of nitrogens with zero attached hydrogens (tertiary/aromatic N) is 2. The highest BCUT2D eigenvalue weighted by Crippen LogP contribution is 2.34. The van der Waals surface area contributed by atoms with E-state index >= 15 is 0 Å². The first-order valence-electron chi connectivity index (χ1n) is 9.52. The van der Waals surface area contributed by atoms with Crippen LogP contribution in [-0.2, 0) is 19.4 Å². The lowest BCUT2D eigenvalue weighted by Crippen LogP contribution is -2.22. The van der Waals surface area contributed by atoms with Crippen molar-refractivity contribution in [3.05, 3.63) is 47.5 Å². The zero-order valence-electron chi connectivity index (χ0n) is 15.3. The number of carbonyl (C=O) groups excluding carboxylic acids is 1. The second kappa shape index (κ2) is 8.32. The van der Waals surface area contributed by atoms with Crippen molar-refractivity contribution in [3.8, 4) is 5.75 Å². The molecule has 25 heavy (non-hydrogen) atoms. The fourth-order valence-electron chi connectivity index (χ4n) is 3.68. The van der Waals surface area contributed by atoms with Gasteiger partial charge in [-0.25, -0.2) is 4.98 Å². The summed E-state index contributed by atoms with van der Waals surface area (Å²) in [6.07, 6.45) is 11.6. The maximum atomic E-state index is 13.2. The highest BCUT2D eigenvalue weighted by Gasteiger charge is 2.25. The second-order valence-electron chi connectivity index (χ2n) is 6.85. The van der Waals surface area contributed by atoms with E-state index in [-0.39, 0.29) is 11.7 Å². The number of rotatable bonds is 8. The first-order valence-corrected chi connectivity index (χ1v) is 9.52. The molecule has 0 aliphatic heterocycles. The summed E-state index contributed by atoms with van der Waals surface area (Å²) in [6.45, 7) is 5.63. The molecule has 0 bridgehead atoms. The average molecular weight is 340 g/mol. The lowest BCUT2D eigenvalue weighted by atomic mass is 9.83. The Bertz CT molecular complexity index is 707. The highest BCUT2D eigenvalue weighted by atomic mass is 16.5. The molecular weight excluding hydrogens is 312 g/mol. The third kappa shape index (κ3) is 3.94. The van der Waals surface area contributed by atoms with Crippen molar-refractivity contribution in [1.29, 1.82) is 0 Å². The van der Waals surface area contributed by atoms with Crippen LogP contribution in [0.5, 0.6) is 5.75 Å². The van der Waals surface area contributed by atoms with E-state index in [4.69, 9.17) is 4.74 Å². The zero-order chi connectivity index (χ0) is 17.6. The minimum absolute atomic E-state index is 0.0114. The van der Waals surface area contributed by atoms with E-state index < -0.39 is 0 Å². The molecule has 4 heteroatoms. The van der Waals surface area contributed by atoms with Crippen molar-refractivity contribution < 1.29 is 9.53 Å². The first-order chi connectivity index (χ1) is 12.2. The van der Waals surface area contributed by atoms with E-state index in [1.54, 1.807) is 12.5 Å². The molecule has 0 spiro atoms. The van der Waals surface area contributed by atoms with Crippen LogP contribution in [0.25, 0.3) is 0 Å². The summed E-state index contributed by atoms with van der Waals surface area (Å²) >= 11 is 0. The quantitative estimate of drug-likeness (QED) is 0.666. The molecule has 4 nitrogen and oxygen atoms in total. The van der Waals surface area contributed by atoms with Crippen LogP contribution < -0.4 is 4.74 Å². The van der Waals surface area contributed by atoms with Crippen LogP contribution in [0.15, 0.2) is 30.9 Å². The molecule has 1 unspecified atom stereocenters. The number of hydrogen-bond acceptors (Lipinski definition) is 3. The Morgan fingerprint density at radius 2 is 2.04 bits per heavy atom. The molecule has 0 fully saturated rings. The molecule has 1 atom stereocenters. The number of carbonyl (C=O) groups is 1. The Morgan fingerprint density at radius 3 is 2.72 bits per heavy atom. The number of ether oxygens (including phenoxy) is 1. The molecule has 1 aliphatic carbocycles. The van der Waals surface area contributed by atoms with Gasteiger partial charge in [0.15, 0.2) is 5.78 Å². The number of aromatic nitrogens is 2. The van der Waals surface area contributed by atoms with Crippen LogP contribution in [0.3, 0.4) is 0 Å². The Labute approximate surface area is 150 Å². The van der Waals surface area contributed by atoms with E-state index in [1.807, 2.05) is 22.9 Å². The fourth-order valence-corrected chi connectivity index (χ4v) is 3.68. The van der Waals surface area contributed by atoms with Crippen molar-refractivity contribution in [2.24, 2.45) is 5.92 Å². The van der Waals surface area contributed by atoms with Crippen molar-refractivity contribution in [3.63, 3.8) is 0 Å². The fraction of sp³-hybridized carbons (Fsp3) is 0.524. The molecule has 1 aromatic heterocycles. The summed E-state index contributed by atoms with van der Waals surface area (Å²) < 4.78 is 7.93. The first kappa shape index (κ1) is 17.7. The summed E-state index contributed by atoms with van der Waals surface area (Å²) in [6, 6.07) is 4.00. The van der Waals surface area contributed by atoms with Gasteiger partial charge in [0.25, 0.3) is 0 Å². The summed E-state index contributed by atoms with van der Waals surface area (Å²) in [5.74, 6) is 1.23. The Kier molecular flexibility index (Phi) is 5.90. The van der Waals surface area contributed by atoms with Gasteiger partial charge in [0, 0.05) is 30.4 Å². The standard InChI is InChI=1S/C21H28N2O2/c1-3-13-25-20-10-9-19(17-7-5-6-8-18(17)20)21(24)16(4-2)14-23-12-11-22-15-23/h9-12,15-16H,3-8,13-14H2,1-2H3. The molecule has 0 saturated heterocycles. The van der Waals surface area contributed by atoms with Crippen LogP contribution in [0.2, 0.25) is 0 Å². The summed E-state index contributed by atoms with van der Waals surface area (Å²) in [4.78, 5) is 17.3. The number of Topliss-reactive ketones (excluding diaryl/α,β-unsaturated/α-hetero) is 1. The van der Waals surface area contributed by atoms with E-state index in [2.05, 4.69) is 18.8 Å². The molecule has 2 aromatic rings. The largest absolute Gasteiger partial charge is 0.493 e. The Morgan fingerprint density at radius 1 is 1.24 bits per heavy atom. The topological polar surface area (TPSA) is 44.1 Å². The van der Waals surface area contributed by atoms with Crippen LogP contribution in [0.1, 0.15) is 61.0 Å². The van der Waals surface area contributed by atoms with Crippen molar-refractivity contribution in [2.75, 3.05) is 6.61 Å². The van der Waals surface area contributed by atoms with Gasteiger partial charge in [-0.1, -0.05) is 13.8 Å². The Hall–Kier alpha value is -2.10. The van der Waals surface area contributed by atoms with Crippen molar-refractivity contribution in [2.45, 2.75) is 58.9 Å². The monoisotopic (exact) mass is 340 g/mol. The number of hydrogen-bond donors (Lipinski definition) is 0. The van der Waals surface area contributed by atoms with Gasteiger partial charge in [-0.05, 0) is 61.8 Å². The number of fused-ring (bicyclic) bond motifs is 1. The van der Waals surface area contributed by atoms with E-state index in [0.717, 1.165) is 50.0 Å². The van der Waals surface area contributed by atoms with Crippen LogP contribution >= 0.6 is 0 Å². The lowest BCUT2D eigenvalue weighted by Gasteiger charge is -2.24. The molecule has 1 aliphatic rings. The normalized spacial score (nSPS) is 14.8. The van der Waals surface area contributed by atoms with Gasteiger partial charge in [0.05, 0.1) is 12.9 Å². The molecule has 0 radical (unpaired) electrons. The predicted octanol–water partition coefficient (Wildman–Crippen LogP) is 4.46. The maximum Gasteiger partial charge on any atom is 0.168 e. The SMILES string of the molecule is CCCOc1ccc(C(=O)C(CC)Cn2ccnc2)c2c1CCCC2. The number of imidazole rings is 1. The minimum atomic E-state index is -0.0114. The summed E-state index contributed by atoms with van der Waals surface area (Å²) in [5.41, 5.74) is 3.41. The minimum Gasteiger partial charge on any atom is -0.493 e. The zero-order valence-corrected chi connectivity index (χ0v) is 15.3. The molecule has 134 valence electrons. The third-order valence-corrected chi connectivity index (χ3v) is 5.07. The molecule has 1 aromatic carbocycles. The van der Waals surface area contributed by atoms with E-state index in [9.17, 15) is 4.79 Å². The van der Waals surface area contributed by atoms with Gasteiger partial charge in [0.1, 0.15) is 5.75 Å².